The van der Waals surface area contributed by atoms with Gasteiger partial charge in [0, 0.05) is 34.0 Å². The van der Waals surface area contributed by atoms with Gasteiger partial charge in [-0.05, 0) is 79.4 Å². The number of esters is 1. The van der Waals surface area contributed by atoms with Crippen LogP contribution in [-0.4, -0.2) is 23.9 Å². The molecule has 0 aliphatic heterocycles. The lowest BCUT2D eigenvalue weighted by Gasteiger charge is -2.12. The van der Waals surface area contributed by atoms with Gasteiger partial charge >= 0.3 is 5.97 Å². The largest absolute Gasteiger partial charge is 0.506 e. The molecule has 0 atom stereocenters. The third-order valence-corrected chi connectivity index (χ3v) is 7.95. The monoisotopic (exact) mass is 501 g/mol. The van der Waals surface area contributed by atoms with Gasteiger partial charge in [-0.3, -0.25) is 0 Å². The molecule has 162 valence electrons. The van der Waals surface area contributed by atoms with Gasteiger partial charge in [0.1, 0.15) is 22.1 Å². The Morgan fingerprint density at radius 3 is 2.77 bits per heavy atom. The number of carbonyl (C=O) groups excluding carboxylic acids is 1. The molecule has 0 saturated carbocycles. The Balaban J connectivity index is 1.65. The lowest BCUT2D eigenvalue weighted by atomic mass is 9.94. The van der Waals surface area contributed by atoms with Crippen molar-refractivity contribution in [2.45, 2.75) is 58.3 Å². The minimum Gasteiger partial charge on any atom is -0.506 e. The second-order valence-corrected chi connectivity index (χ2v) is 10.0. The predicted octanol–water partition coefficient (Wildman–Crippen LogP) is 6.65. The number of ether oxygens (including phenoxy) is 1. The first kappa shape index (κ1) is 20.8. The van der Waals surface area contributed by atoms with Gasteiger partial charge < -0.3 is 14.3 Å². The summed E-state index contributed by atoms with van der Waals surface area (Å²) in [4.78, 5) is 18.7. The number of aryl methyl sites for hydroxylation is 3. The molecular formula is C24H24BrNO4S. The SMILES string of the molecule is CCOC(=O)c1c(/N=C/c2c(O)c(Br)cc3oc4c(c23)CCCC4)sc2c1CCCC2. The van der Waals surface area contributed by atoms with Crippen molar-refractivity contribution in [2.24, 2.45) is 4.99 Å². The number of benzene rings is 1. The van der Waals surface area contributed by atoms with Crippen molar-refractivity contribution in [1.82, 2.24) is 0 Å². The van der Waals surface area contributed by atoms with Crippen LogP contribution in [-0.2, 0) is 30.4 Å². The van der Waals surface area contributed by atoms with Crippen LogP contribution in [0.1, 0.15) is 70.3 Å². The topological polar surface area (TPSA) is 72.0 Å². The molecular weight excluding hydrogens is 478 g/mol. The normalized spacial score (nSPS) is 15.9. The van der Waals surface area contributed by atoms with Crippen LogP contribution < -0.4 is 0 Å². The van der Waals surface area contributed by atoms with Crippen LogP contribution in [0.5, 0.6) is 5.75 Å². The van der Waals surface area contributed by atoms with Gasteiger partial charge in [-0.2, -0.15) is 0 Å². The predicted molar refractivity (Wildman–Crippen MR) is 126 cm³/mol. The van der Waals surface area contributed by atoms with E-state index < -0.39 is 0 Å². The van der Waals surface area contributed by atoms with E-state index in [2.05, 4.69) is 15.9 Å². The van der Waals surface area contributed by atoms with E-state index in [-0.39, 0.29) is 11.7 Å². The van der Waals surface area contributed by atoms with Gasteiger partial charge in [-0.1, -0.05) is 0 Å². The second kappa shape index (κ2) is 8.43. The van der Waals surface area contributed by atoms with Gasteiger partial charge in [0.05, 0.1) is 16.6 Å². The van der Waals surface area contributed by atoms with Crippen LogP contribution in [0.2, 0.25) is 0 Å². The molecule has 1 aromatic carbocycles. The Hall–Kier alpha value is -2.12. The number of phenols is 1. The molecule has 2 aromatic heterocycles. The lowest BCUT2D eigenvalue weighted by molar-refractivity contribution is 0.0526. The molecule has 5 nitrogen and oxygen atoms in total. The molecule has 0 fully saturated rings. The van der Waals surface area contributed by atoms with Crippen molar-refractivity contribution in [3.8, 4) is 5.75 Å². The minimum atomic E-state index is -0.307. The fourth-order valence-electron chi connectivity index (χ4n) is 4.72. The Labute approximate surface area is 193 Å². The number of phenolic OH excluding ortho intramolecular Hbond substituents is 1. The Kier molecular flexibility index (Phi) is 5.65. The minimum absolute atomic E-state index is 0.143. The summed E-state index contributed by atoms with van der Waals surface area (Å²) in [6.07, 6.45) is 9.84. The number of rotatable bonds is 4. The maximum atomic E-state index is 12.7. The fourth-order valence-corrected chi connectivity index (χ4v) is 6.36. The number of hydrogen-bond donors (Lipinski definition) is 1. The van der Waals surface area contributed by atoms with E-state index in [0.717, 1.165) is 73.7 Å². The van der Waals surface area contributed by atoms with Crippen molar-refractivity contribution in [3.05, 3.63) is 43.4 Å². The molecule has 0 bridgehead atoms. The van der Waals surface area contributed by atoms with Gasteiger partial charge in [-0.15, -0.1) is 11.3 Å². The first-order chi connectivity index (χ1) is 15.1. The van der Waals surface area contributed by atoms with Crippen LogP contribution in [0.4, 0.5) is 5.00 Å². The summed E-state index contributed by atoms with van der Waals surface area (Å²) in [6, 6.07) is 1.83. The Bertz CT molecular complexity index is 1210. The zero-order chi connectivity index (χ0) is 21.5. The zero-order valence-corrected chi connectivity index (χ0v) is 19.8. The molecule has 0 spiro atoms. The van der Waals surface area contributed by atoms with E-state index >= 15 is 0 Å². The summed E-state index contributed by atoms with van der Waals surface area (Å²) >= 11 is 5.01. The number of aromatic hydroxyl groups is 1. The van der Waals surface area contributed by atoms with Gasteiger partial charge in [0.25, 0.3) is 0 Å². The molecule has 31 heavy (non-hydrogen) atoms. The molecule has 2 aliphatic rings. The zero-order valence-electron chi connectivity index (χ0n) is 17.4. The molecule has 3 aromatic rings. The van der Waals surface area contributed by atoms with E-state index in [0.29, 0.717) is 27.2 Å². The van der Waals surface area contributed by atoms with Crippen LogP contribution in [0, 0.1) is 0 Å². The fraction of sp³-hybridized carbons (Fsp3) is 0.417. The summed E-state index contributed by atoms with van der Waals surface area (Å²) in [5, 5.41) is 12.4. The average Bonchev–Trinajstić information content (AvgIpc) is 3.32. The molecule has 0 radical (unpaired) electrons. The van der Waals surface area contributed by atoms with E-state index in [9.17, 15) is 9.90 Å². The molecule has 1 N–H and O–H groups in total. The van der Waals surface area contributed by atoms with E-state index in [1.165, 1.54) is 10.4 Å². The van der Waals surface area contributed by atoms with E-state index in [1.807, 2.05) is 13.0 Å². The highest BCUT2D eigenvalue weighted by atomic mass is 79.9. The van der Waals surface area contributed by atoms with Crippen molar-refractivity contribution in [1.29, 1.82) is 0 Å². The third-order valence-electron chi connectivity index (χ3n) is 6.15. The first-order valence-electron chi connectivity index (χ1n) is 10.9. The molecule has 2 heterocycles. The van der Waals surface area contributed by atoms with Crippen molar-refractivity contribution < 1.29 is 19.1 Å². The number of halogens is 1. The number of furan rings is 1. The first-order valence-corrected chi connectivity index (χ1v) is 12.5. The van der Waals surface area contributed by atoms with Crippen LogP contribution in [0.25, 0.3) is 11.0 Å². The number of fused-ring (bicyclic) bond motifs is 4. The molecule has 7 heteroatoms. The van der Waals surface area contributed by atoms with Gasteiger partial charge in [0.2, 0.25) is 0 Å². The number of thiophene rings is 1. The highest BCUT2D eigenvalue weighted by Crippen LogP contribution is 2.43. The number of hydrogen-bond acceptors (Lipinski definition) is 6. The van der Waals surface area contributed by atoms with Crippen molar-refractivity contribution in [3.63, 3.8) is 0 Å². The van der Waals surface area contributed by atoms with Crippen molar-refractivity contribution >= 4 is 55.4 Å². The summed E-state index contributed by atoms with van der Waals surface area (Å²) in [5.74, 6) is 0.843. The maximum absolute atomic E-state index is 12.7. The average molecular weight is 502 g/mol. The quantitative estimate of drug-likeness (QED) is 0.320. The molecule has 0 saturated heterocycles. The number of aliphatic imine (C=N–C) groups is 1. The number of nitrogens with zero attached hydrogens (tertiary/aromatic N) is 1. The molecule has 2 aliphatic carbocycles. The van der Waals surface area contributed by atoms with E-state index in [4.69, 9.17) is 14.1 Å². The standard InChI is InChI=1S/C24H24BrNO4S/c1-2-29-24(28)21-14-8-4-6-10-19(14)31-23(21)26-12-15-20-13-7-3-5-9-17(13)30-18(20)11-16(25)22(15)27/h11-12,27H,2-10H2,1H3/b26-12+. The van der Waals surface area contributed by atoms with E-state index in [1.54, 1.807) is 17.6 Å². The van der Waals surface area contributed by atoms with Crippen molar-refractivity contribution in [2.75, 3.05) is 6.61 Å². The van der Waals surface area contributed by atoms with Crippen LogP contribution in [0.3, 0.4) is 0 Å². The maximum Gasteiger partial charge on any atom is 0.341 e. The smallest absolute Gasteiger partial charge is 0.341 e. The highest BCUT2D eigenvalue weighted by molar-refractivity contribution is 9.10. The Morgan fingerprint density at radius 2 is 1.97 bits per heavy atom. The van der Waals surface area contributed by atoms with Gasteiger partial charge in [0.15, 0.2) is 0 Å². The van der Waals surface area contributed by atoms with Gasteiger partial charge in [-0.25, -0.2) is 9.79 Å². The summed E-state index contributed by atoms with van der Waals surface area (Å²) in [5.41, 5.74) is 4.25. The second-order valence-electron chi connectivity index (χ2n) is 8.07. The third kappa shape index (κ3) is 3.61. The Morgan fingerprint density at radius 1 is 1.23 bits per heavy atom. The molecule has 0 unspecified atom stereocenters. The molecule has 0 amide bonds. The molecule has 5 rings (SSSR count). The van der Waals surface area contributed by atoms with Crippen LogP contribution >= 0.6 is 27.3 Å². The van der Waals surface area contributed by atoms with Crippen LogP contribution in [0.15, 0.2) is 19.9 Å². The summed E-state index contributed by atoms with van der Waals surface area (Å²) in [6.45, 7) is 2.15. The number of carbonyl (C=O) groups is 1. The highest BCUT2D eigenvalue weighted by Gasteiger charge is 2.27. The summed E-state index contributed by atoms with van der Waals surface area (Å²) in [7, 11) is 0. The lowest BCUT2D eigenvalue weighted by Crippen LogP contribution is -2.09. The summed E-state index contributed by atoms with van der Waals surface area (Å²) < 4.78 is 12.0.